The Morgan fingerprint density at radius 1 is 1.11 bits per heavy atom. The van der Waals surface area contributed by atoms with E-state index in [0.29, 0.717) is 31.8 Å². The number of hydrogen-bond acceptors (Lipinski definition) is 5. The molecule has 1 aliphatic heterocycles. The van der Waals surface area contributed by atoms with Gasteiger partial charge in [-0.3, -0.25) is 0 Å². The number of aryl methyl sites for hydroxylation is 1. The zero-order valence-corrected chi connectivity index (χ0v) is 16.4. The van der Waals surface area contributed by atoms with Gasteiger partial charge in [-0.1, -0.05) is 18.2 Å². The highest BCUT2D eigenvalue weighted by Gasteiger charge is 2.20. The van der Waals surface area contributed by atoms with Crippen molar-refractivity contribution in [1.82, 2.24) is 9.88 Å². The van der Waals surface area contributed by atoms with Gasteiger partial charge in [0.1, 0.15) is 5.82 Å². The molecule has 0 atom stereocenters. The molecule has 3 rings (SSSR count). The van der Waals surface area contributed by atoms with E-state index in [0.717, 1.165) is 30.0 Å². The van der Waals surface area contributed by atoms with Gasteiger partial charge in [0.05, 0.1) is 12.2 Å². The van der Waals surface area contributed by atoms with Crippen molar-refractivity contribution in [1.29, 1.82) is 0 Å². The number of rotatable bonds is 4. The van der Waals surface area contributed by atoms with Crippen LogP contribution in [-0.2, 0) is 4.74 Å². The molecule has 2 aromatic rings. The zero-order valence-electron chi connectivity index (χ0n) is 16.4. The average Bonchev–Trinajstić information content (AvgIpc) is 2.96. The molecule has 148 valence electrons. The van der Waals surface area contributed by atoms with Crippen LogP contribution in [0.1, 0.15) is 29.3 Å². The Balaban J connectivity index is 1.59. The standard InChI is InChI=1S/C21H26N4O3/c1-3-28-20(26)17-9-10-19(22-15-17)24-11-6-12-25(14-13-24)21(27)23-18-8-5-4-7-16(18)2/h4-5,7-10,15H,3,6,11-14H2,1-2H3,(H,23,27). The summed E-state index contributed by atoms with van der Waals surface area (Å²) in [6.45, 7) is 6.89. The number of esters is 1. The molecule has 0 saturated carbocycles. The van der Waals surface area contributed by atoms with Crippen LogP contribution in [0, 0.1) is 6.92 Å². The van der Waals surface area contributed by atoms with E-state index in [-0.39, 0.29) is 12.0 Å². The van der Waals surface area contributed by atoms with E-state index in [9.17, 15) is 9.59 Å². The number of para-hydroxylation sites is 1. The molecule has 0 bridgehead atoms. The van der Waals surface area contributed by atoms with Gasteiger partial charge in [-0.05, 0) is 44.0 Å². The Hall–Kier alpha value is -3.09. The van der Waals surface area contributed by atoms with E-state index in [4.69, 9.17) is 4.74 Å². The summed E-state index contributed by atoms with van der Waals surface area (Å²) in [5.41, 5.74) is 2.32. The van der Waals surface area contributed by atoms with Gasteiger partial charge in [0.2, 0.25) is 0 Å². The highest BCUT2D eigenvalue weighted by molar-refractivity contribution is 5.90. The second-order valence-corrected chi connectivity index (χ2v) is 6.70. The first kappa shape index (κ1) is 19.7. The van der Waals surface area contributed by atoms with Crippen LogP contribution in [-0.4, -0.2) is 54.7 Å². The van der Waals surface area contributed by atoms with Gasteiger partial charge in [0.15, 0.2) is 0 Å². The van der Waals surface area contributed by atoms with Gasteiger partial charge in [-0.15, -0.1) is 0 Å². The third-order valence-corrected chi connectivity index (χ3v) is 4.75. The van der Waals surface area contributed by atoms with Crippen LogP contribution in [0.25, 0.3) is 0 Å². The number of nitrogens with zero attached hydrogens (tertiary/aromatic N) is 3. The molecule has 1 aromatic heterocycles. The number of anilines is 2. The van der Waals surface area contributed by atoms with E-state index in [2.05, 4.69) is 15.2 Å². The molecule has 1 saturated heterocycles. The van der Waals surface area contributed by atoms with Crippen molar-refractivity contribution in [3.63, 3.8) is 0 Å². The molecule has 1 fully saturated rings. The topological polar surface area (TPSA) is 74.8 Å². The summed E-state index contributed by atoms with van der Waals surface area (Å²) in [5.74, 6) is 0.436. The lowest BCUT2D eigenvalue weighted by Gasteiger charge is -2.23. The molecule has 2 amide bonds. The quantitative estimate of drug-likeness (QED) is 0.821. The predicted octanol–water partition coefficient (Wildman–Crippen LogP) is 3.31. The Bertz CT molecular complexity index is 823. The highest BCUT2D eigenvalue weighted by Crippen LogP contribution is 2.17. The second-order valence-electron chi connectivity index (χ2n) is 6.70. The molecule has 7 heteroatoms. The highest BCUT2D eigenvalue weighted by atomic mass is 16.5. The van der Waals surface area contributed by atoms with Crippen LogP contribution in [0.4, 0.5) is 16.3 Å². The van der Waals surface area contributed by atoms with E-state index < -0.39 is 0 Å². The van der Waals surface area contributed by atoms with Crippen molar-refractivity contribution in [3.8, 4) is 0 Å². The first-order valence-corrected chi connectivity index (χ1v) is 9.58. The lowest BCUT2D eigenvalue weighted by Crippen LogP contribution is -2.38. The van der Waals surface area contributed by atoms with Crippen molar-refractivity contribution in [2.24, 2.45) is 0 Å². The fraction of sp³-hybridized carbons (Fsp3) is 0.381. The smallest absolute Gasteiger partial charge is 0.339 e. The minimum atomic E-state index is -0.364. The number of pyridine rings is 1. The molecule has 0 aliphatic carbocycles. The lowest BCUT2D eigenvalue weighted by atomic mass is 10.2. The van der Waals surface area contributed by atoms with Crippen LogP contribution in [0.2, 0.25) is 0 Å². The van der Waals surface area contributed by atoms with Crippen molar-refractivity contribution in [2.75, 3.05) is 43.0 Å². The van der Waals surface area contributed by atoms with E-state index >= 15 is 0 Å². The van der Waals surface area contributed by atoms with Gasteiger partial charge >= 0.3 is 12.0 Å². The molecule has 1 aliphatic rings. The summed E-state index contributed by atoms with van der Waals surface area (Å²) in [7, 11) is 0. The molecular formula is C21H26N4O3. The molecule has 7 nitrogen and oxygen atoms in total. The fourth-order valence-electron chi connectivity index (χ4n) is 3.17. The Morgan fingerprint density at radius 2 is 1.93 bits per heavy atom. The summed E-state index contributed by atoms with van der Waals surface area (Å²) in [6, 6.07) is 11.2. The van der Waals surface area contributed by atoms with Crippen LogP contribution < -0.4 is 10.2 Å². The first-order valence-electron chi connectivity index (χ1n) is 9.58. The number of carbonyl (C=O) groups is 2. The van der Waals surface area contributed by atoms with E-state index in [1.54, 1.807) is 19.2 Å². The molecule has 0 spiro atoms. The van der Waals surface area contributed by atoms with Crippen LogP contribution >= 0.6 is 0 Å². The summed E-state index contributed by atoms with van der Waals surface area (Å²) in [6.07, 6.45) is 2.39. The van der Waals surface area contributed by atoms with Crippen LogP contribution in [0.15, 0.2) is 42.6 Å². The number of urea groups is 1. The van der Waals surface area contributed by atoms with Crippen molar-refractivity contribution in [3.05, 3.63) is 53.7 Å². The minimum absolute atomic E-state index is 0.0817. The Labute approximate surface area is 165 Å². The van der Waals surface area contributed by atoms with Crippen LogP contribution in [0.3, 0.4) is 0 Å². The Kier molecular flexibility index (Phi) is 6.47. The zero-order chi connectivity index (χ0) is 19.9. The fourth-order valence-corrected chi connectivity index (χ4v) is 3.17. The monoisotopic (exact) mass is 382 g/mol. The van der Waals surface area contributed by atoms with Crippen LogP contribution in [0.5, 0.6) is 0 Å². The van der Waals surface area contributed by atoms with Gasteiger partial charge in [0.25, 0.3) is 0 Å². The second kappa shape index (κ2) is 9.21. The maximum Gasteiger partial charge on any atom is 0.339 e. The largest absolute Gasteiger partial charge is 0.462 e. The number of hydrogen-bond donors (Lipinski definition) is 1. The third kappa shape index (κ3) is 4.79. The number of aromatic nitrogens is 1. The summed E-state index contributed by atoms with van der Waals surface area (Å²) in [4.78, 5) is 32.7. The third-order valence-electron chi connectivity index (χ3n) is 4.75. The van der Waals surface area contributed by atoms with Crippen molar-refractivity contribution in [2.45, 2.75) is 20.3 Å². The van der Waals surface area contributed by atoms with Gasteiger partial charge in [-0.25, -0.2) is 14.6 Å². The van der Waals surface area contributed by atoms with Gasteiger partial charge < -0.3 is 19.9 Å². The lowest BCUT2D eigenvalue weighted by molar-refractivity contribution is 0.0526. The van der Waals surface area contributed by atoms with Gasteiger partial charge in [-0.2, -0.15) is 0 Å². The Morgan fingerprint density at radius 3 is 2.64 bits per heavy atom. The molecule has 0 unspecified atom stereocenters. The van der Waals surface area contributed by atoms with E-state index in [1.807, 2.05) is 42.2 Å². The number of nitrogens with one attached hydrogen (secondary N) is 1. The molecule has 1 N–H and O–H groups in total. The summed E-state index contributed by atoms with van der Waals surface area (Å²) >= 11 is 0. The predicted molar refractivity (Wildman–Crippen MR) is 109 cm³/mol. The maximum atomic E-state index is 12.6. The normalized spacial score (nSPS) is 14.4. The SMILES string of the molecule is CCOC(=O)c1ccc(N2CCCN(C(=O)Nc3ccccc3C)CC2)nc1. The maximum absolute atomic E-state index is 12.6. The molecule has 1 aromatic carbocycles. The number of benzene rings is 1. The molecule has 28 heavy (non-hydrogen) atoms. The molecule has 0 radical (unpaired) electrons. The van der Waals surface area contributed by atoms with E-state index in [1.165, 1.54) is 0 Å². The summed E-state index contributed by atoms with van der Waals surface area (Å²) < 4.78 is 4.99. The van der Waals surface area contributed by atoms with Gasteiger partial charge in [0, 0.05) is 38.1 Å². The van der Waals surface area contributed by atoms with Crippen molar-refractivity contribution < 1.29 is 14.3 Å². The average molecular weight is 382 g/mol. The van der Waals surface area contributed by atoms with Crippen molar-refractivity contribution >= 4 is 23.5 Å². The minimum Gasteiger partial charge on any atom is -0.462 e. The number of ether oxygens (including phenoxy) is 1. The first-order chi connectivity index (χ1) is 13.6. The summed E-state index contributed by atoms with van der Waals surface area (Å²) in [5, 5.41) is 3.00. The number of carbonyl (C=O) groups excluding carboxylic acids is 2. The molecular weight excluding hydrogens is 356 g/mol. The number of amides is 2. The molecule has 2 heterocycles.